The highest BCUT2D eigenvalue weighted by molar-refractivity contribution is 5.86. The van der Waals surface area contributed by atoms with E-state index in [1.165, 1.54) is 7.11 Å². The van der Waals surface area contributed by atoms with E-state index in [4.69, 9.17) is 9.47 Å². The molecule has 0 aromatic heterocycles. The Morgan fingerprint density at radius 3 is 2.45 bits per heavy atom. The molecule has 0 radical (unpaired) electrons. The van der Waals surface area contributed by atoms with Gasteiger partial charge in [0.25, 0.3) is 0 Å². The molecule has 2 fully saturated rings. The maximum absolute atomic E-state index is 12.5. The van der Waals surface area contributed by atoms with Crippen molar-refractivity contribution in [3.63, 3.8) is 0 Å². The van der Waals surface area contributed by atoms with Crippen molar-refractivity contribution in [3.8, 4) is 0 Å². The summed E-state index contributed by atoms with van der Waals surface area (Å²) in [4.78, 5) is 26.3. The Morgan fingerprint density at radius 1 is 1.30 bits per heavy atom. The lowest BCUT2D eigenvalue weighted by atomic mass is 10.1. The van der Waals surface area contributed by atoms with Crippen molar-refractivity contribution in [2.45, 2.75) is 50.8 Å². The van der Waals surface area contributed by atoms with Crippen LogP contribution in [-0.2, 0) is 19.1 Å². The van der Waals surface area contributed by atoms with Crippen LogP contribution in [-0.4, -0.2) is 60.8 Å². The summed E-state index contributed by atoms with van der Waals surface area (Å²) < 4.78 is 10.4. The van der Waals surface area contributed by atoms with E-state index >= 15 is 0 Å². The number of esters is 2. The topological polar surface area (TPSA) is 67.9 Å². The number of ether oxygens (including phenoxy) is 2. The van der Waals surface area contributed by atoms with E-state index < -0.39 is 17.2 Å². The second kappa shape index (κ2) is 5.33. The zero-order valence-electron chi connectivity index (χ0n) is 12.7. The lowest BCUT2D eigenvalue weighted by molar-refractivity contribution is -0.168. The molecule has 0 amide bonds. The van der Waals surface area contributed by atoms with Gasteiger partial charge < -0.3 is 14.8 Å². The number of nitrogens with one attached hydrogen (secondary N) is 1. The number of hydrogen-bond donors (Lipinski definition) is 1. The van der Waals surface area contributed by atoms with Crippen LogP contribution in [0.1, 0.15) is 33.6 Å². The van der Waals surface area contributed by atoms with Crippen LogP contribution in [0.25, 0.3) is 0 Å². The molecule has 2 aliphatic rings. The van der Waals surface area contributed by atoms with E-state index in [1.54, 1.807) is 0 Å². The van der Waals surface area contributed by atoms with Crippen molar-refractivity contribution >= 4 is 11.9 Å². The number of piperazine rings is 1. The van der Waals surface area contributed by atoms with Crippen molar-refractivity contribution in [2.75, 3.05) is 26.7 Å². The fourth-order valence-electron chi connectivity index (χ4n) is 2.66. The van der Waals surface area contributed by atoms with Crippen LogP contribution in [0.3, 0.4) is 0 Å². The summed E-state index contributed by atoms with van der Waals surface area (Å²) in [5, 5.41) is 3.17. The SMILES string of the molecule is COC(=O)C1CNCCN1C1(C(=O)OC(C)(C)C)CC1. The third kappa shape index (κ3) is 2.96. The van der Waals surface area contributed by atoms with Crippen molar-refractivity contribution < 1.29 is 19.1 Å². The lowest BCUT2D eigenvalue weighted by Crippen LogP contribution is -2.62. The lowest BCUT2D eigenvalue weighted by Gasteiger charge is -2.40. The van der Waals surface area contributed by atoms with Gasteiger partial charge in [-0.1, -0.05) is 0 Å². The molecule has 1 aliphatic heterocycles. The number of carbonyl (C=O) groups excluding carboxylic acids is 2. The summed E-state index contributed by atoms with van der Waals surface area (Å²) in [7, 11) is 1.38. The molecular formula is C14H24N2O4. The second-order valence-electron chi connectivity index (χ2n) is 6.47. The normalized spacial score (nSPS) is 25.9. The maximum Gasteiger partial charge on any atom is 0.327 e. The quantitative estimate of drug-likeness (QED) is 0.752. The van der Waals surface area contributed by atoms with Gasteiger partial charge in [-0.2, -0.15) is 0 Å². The van der Waals surface area contributed by atoms with Crippen molar-refractivity contribution in [1.29, 1.82) is 0 Å². The minimum atomic E-state index is -0.631. The van der Waals surface area contributed by atoms with Crippen molar-refractivity contribution in [1.82, 2.24) is 10.2 Å². The van der Waals surface area contributed by atoms with Crippen LogP contribution in [0, 0.1) is 0 Å². The Labute approximate surface area is 119 Å². The minimum absolute atomic E-state index is 0.221. The number of rotatable bonds is 3. The number of nitrogens with zero attached hydrogens (tertiary/aromatic N) is 1. The molecule has 1 N–H and O–H groups in total. The molecular weight excluding hydrogens is 260 g/mol. The molecule has 0 spiro atoms. The molecule has 1 unspecified atom stereocenters. The van der Waals surface area contributed by atoms with Gasteiger partial charge in [0.05, 0.1) is 7.11 Å². The second-order valence-corrected chi connectivity index (χ2v) is 6.47. The molecule has 6 heteroatoms. The van der Waals surface area contributed by atoms with Crippen LogP contribution in [0.5, 0.6) is 0 Å². The molecule has 6 nitrogen and oxygen atoms in total. The molecule has 1 saturated carbocycles. The summed E-state index contributed by atoms with van der Waals surface area (Å²) in [5.41, 5.74) is -1.14. The van der Waals surface area contributed by atoms with Gasteiger partial charge in [0.2, 0.25) is 0 Å². The summed E-state index contributed by atoms with van der Waals surface area (Å²) in [6.45, 7) is 7.50. The summed E-state index contributed by atoms with van der Waals surface area (Å²) in [5.74, 6) is -0.521. The molecule has 2 rings (SSSR count). The summed E-state index contributed by atoms with van der Waals surface area (Å²) in [6, 6.07) is -0.413. The molecule has 1 atom stereocenters. The average Bonchev–Trinajstić information content (AvgIpc) is 3.17. The van der Waals surface area contributed by atoms with E-state index in [9.17, 15) is 9.59 Å². The molecule has 1 aliphatic carbocycles. The zero-order chi connectivity index (χ0) is 15.0. The van der Waals surface area contributed by atoms with Crippen molar-refractivity contribution in [3.05, 3.63) is 0 Å². The molecule has 0 aromatic rings. The first-order valence-electron chi connectivity index (χ1n) is 7.09. The highest BCUT2D eigenvalue weighted by Crippen LogP contribution is 2.45. The number of hydrogen-bond acceptors (Lipinski definition) is 6. The van der Waals surface area contributed by atoms with Gasteiger partial charge in [-0.15, -0.1) is 0 Å². The van der Waals surface area contributed by atoms with E-state index in [-0.39, 0.29) is 11.9 Å². The average molecular weight is 284 g/mol. The molecule has 114 valence electrons. The van der Waals surface area contributed by atoms with E-state index in [0.717, 1.165) is 19.4 Å². The number of methoxy groups -OCH3 is 1. The first-order valence-corrected chi connectivity index (χ1v) is 7.09. The highest BCUT2D eigenvalue weighted by Gasteiger charge is 2.59. The largest absolute Gasteiger partial charge is 0.468 e. The van der Waals surface area contributed by atoms with Crippen LogP contribution in [0.4, 0.5) is 0 Å². The molecule has 1 saturated heterocycles. The zero-order valence-corrected chi connectivity index (χ0v) is 12.7. The van der Waals surface area contributed by atoms with Crippen LogP contribution >= 0.6 is 0 Å². The number of carbonyl (C=O) groups is 2. The fourth-order valence-corrected chi connectivity index (χ4v) is 2.66. The van der Waals surface area contributed by atoms with E-state index in [2.05, 4.69) is 5.32 Å². The third-order valence-corrected chi connectivity index (χ3v) is 3.77. The predicted octanol–water partition coefficient (Wildman–Crippen LogP) is 0.308. The molecule has 1 heterocycles. The van der Waals surface area contributed by atoms with E-state index in [1.807, 2.05) is 25.7 Å². The van der Waals surface area contributed by atoms with Gasteiger partial charge in [-0.25, -0.2) is 0 Å². The Kier molecular flexibility index (Phi) is 4.07. The minimum Gasteiger partial charge on any atom is -0.468 e. The third-order valence-electron chi connectivity index (χ3n) is 3.77. The van der Waals surface area contributed by atoms with Gasteiger partial charge >= 0.3 is 11.9 Å². The Bertz CT molecular complexity index is 398. The van der Waals surface area contributed by atoms with Crippen LogP contribution < -0.4 is 5.32 Å². The predicted molar refractivity (Wildman–Crippen MR) is 73.2 cm³/mol. The molecule has 0 aromatic carbocycles. The monoisotopic (exact) mass is 284 g/mol. The Balaban J connectivity index is 2.15. The maximum atomic E-state index is 12.5. The van der Waals surface area contributed by atoms with Gasteiger partial charge in [0, 0.05) is 19.6 Å². The van der Waals surface area contributed by atoms with E-state index in [0.29, 0.717) is 13.1 Å². The van der Waals surface area contributed by atoms with Crippen LogP contribution in [0.15, 0.2) is 0 Å². The van der Waals surface area contributed by atoms with Crippen molar-refractivity contribution in [2.24, 2.45) is 0 Å². The smallest absolute Gasteiger partial charge is 0.327 e. The molecule has 20 heavy (non-hydrogen) atoms. The van der Waals surface area contributed by atoms with Gasteiger partial charge in [-0.05, 0) is 33.6 Å². The first-order chi connectivity index (χ1) is 9.30. The van der Waals surface area contributed by atoms with Crippen LogP contribution in [0.2, 0.25) is 0 Å². The fraction of sp³-hybridized carbons (Fsp3) is 0.857. The summed E-state index contributed by atoms with van der Waals surface area (Å²) in [6.07, 6.45) is 1.49. The Hall–Kier alpha value is -1.14. The first kappa shape index (κ1) is 15.3. The standard InChI is InChI=1S/C14H24N2O4/c1-13(2,3)20-12(18)14(5-6-14)16-8-7-15-9-10(16)11(17)19-4/h10,15H,5-9H2,1-4H3. The van der Waals surface area contributed by atoms with Gasteiger partial charge in [-0.3, -0.25) is 14.5 Å². The highest BCUT2D eigenvalue weighted by atomic mass is 16.6. The summed E-state index contributed by atoms with van der Waals surface area (Å²) >= 11 is 0. The van der Waals surface area contributed by atoms with Gasteiger partial charge in [0.15, 0.2) is 0 Å². The molecule has 0 bridgehead atoms. The Morgan fingerprint density at radius 2 is 1.95 bits per heavy atom. The van der Waals surface area contributed by atoms with Gasteiger partial charge in [0.1, 0.15) is 17.2 Å².